The molecule has 0 heterocycles. The van der Waals surface area contributed by atoms with Gasteiger partial charge in [0.1, 0.15) is 0 Å². The molecule has 1 aromatic carbocycles. The van der Waals surface area contributed by atoms with Gasteiger partial charge in [-0.1, -0.05) is 117 Å². The second-order valence-electron chi connectivity index (χ2n) is 13.4. The molecular formula is C34H40O2. The van der Waals surface area contributed by atoms with Crippen LogP contribution < -0.4 is 0 Å². The van der Waals surface area contributed by atoms with Crippen molar-refractivity contribution in [2.45, 2.75) is 68.7 Å². The van der Waals surface area contributed by atoms with Gasteiger partial charge >= 0.3 is 0 Å². The number of Topliss-reactive ketones (excluding diaryl/α,β-unsaturated/α-hetero) is 2. The van der Waals surface area contributed by atoms with Gasteiger partial charge in [0, 0.05) is 28.2 Å². The molecule has 0 saturated carbocycles. The van der Waals surface area contributed by atoms with Gasteiger partial charge in [0.25, 0.3) is 0 Å². The molecule has 3 aliphatic rings. The van der Waals surface area contributed by atoms with Crippen molar-refractivity contribution in [2.75, 3.05) is 0 Å². The van der Waals surface area contributed by atoms with Gasteiger partial charge in [-0.15, -0.1) is 0 Å². The van der Waals surface area contributed by atoms with Crippen LogP contribution in [0.25, 0.3) is 5.57 Å². The lowest BCUT2D eigenvalue weighted by Gasteiger charge is -2.35. The summed E-state index contributed by atoms with van der Waals surface area (Å²) in [5.41, 5.74) is 7.24. The summed E-state index contributed by atoms with van der Waals surface area (Å²) < 4.78 is 0. The fraction of sp³-hybridized carbons (Fsp3) is 0.412. The topological polar surface area (TPSA) is 34.1 Å². The molecule has 2 nitrogen and oxygen atoms in total. The largest absolute Gasteiger partial charge is 0.289 e. The lowest BCUT2D eigenvalue weighted by Crippen LogP contribution is -2.30. The van der Waals surface area contributed by atoms with E-state index in [1.807, 2.05) is 24.3 Å². The van der Waals surface area contributed by atoms with Crippen molar-refractivity contribution in [1.29, 1.82) is 0 Å². The van der Waals surface area contributed by atoms with Crippen LogP contribution in [-0.4, -0.2) is 11.6 Å². The maximum Gasteiger partial charge on any atom is 0.190 e. The summed E-state index contributed by atoms with van der Waals surface area (Å²) in [6, 6.07) is 7.87. The van der Waals surface area contributed by atoms with Gasteiger partial charge in [-0.2, -0.15) is 0 Å². The molecule has 0 N–H and O–H groups in total. The highest BCUT2D eigenvalue weighted by Crippen LogP contribution is 2.45. The highest BCUT2D eigenvalue weighted by molar-refractivity contribution is 6.16. The van der Waals surface area contributed by atoms with Crippen LogP contribution in [-0.2, 0) is 4.79 Å². The van der Waals surface area contributed by atoms with Crippen LogP contribution in [0.15, 0.2) is 88.6 Å². The van der Waals surface area contributed by atoms with E-state index in [0.717, 1.165) is 45.4 Å². The molecule has 188 valence electrons. The van der Waals surface area contributed by atoms with E-state index >= 15 is 0 Å². The Morgan fingerprint density at radius 1 is 0.694 bits per heavy atom. The summed E-state index contributed by atoms with van der Waals surface area (Å²) in [5.74, 6) is 0.340. The molecule has 0 spiro atoms. The Morgan fingerprint density at radius 3 is 1.86 bits per heavy atom. The van der Waals surface area contributed by atoms with Crippen LogP contribution in [0, 0.1) is 22.2 Å². The molecule has 2 heteroatoms. The van der Waals surface area contributed by atoms with Crippen molar-refractivity contribution in [3.05, 3.63) is 99.7 Å². The number of fused-ring (bicyclic) bond motifs is 2. The van der Waals surface area contributed by atoms with E-state index in [1.54, 1.807) is 0 Å². The molecular weight excluding hydrogens is 440 g/mol. The van der Waals surface area contributed by atoms with Crippen LogP contribution in [0.4, 0.5) is 0 Å². The Hall–Kier alpha value is -3.00. The first-order valence-corrected chi connectivity index (χ1v) is 13.1. The standard InChI is InChI=1S/C34H40O2/c1-32(2,3)23-16-17-25-22(19-29(34(7,8)9)31(36)27(25)20-23)15-14-21-18-28(33(4,5)6)30(35)26-13-11-10-12-24(21)26/h10-16,18-20,25H,17H2,1-9H3/b21-14+,22-15+. The SMILES string of the molecule is CC(C)(C)C1=CCC2C(=C1)C(=O)C(C(C)(C)C)=C/C2=C\C=C1/C=C(C(C)(C)C)C(=O)c2ccccc21. The van der Waals surface area contributed by atoms with E-state index in [-0.39, 0.29) is 33.7 Å². The molecule has 4 rings (SSSR count). The van der Waals surface area contributed by atoms with Crippen molar-refractivity contribution in [2.24, 2.45) is 22.2 Å². The number of rotatable bonds is 1. The van der Waals surface area contributed by atoms with Crippen LogP contribution >= 0.6 is 0 Å². The van der Waals surface area contributed by atoms with E-state index in [9.17, 15) is 9.59 Å². The van der Waals surface area contributed by atoms with Crippen LogP contribution in [0.2, 0.25) is 0 Å². The minimum absolute atomic E-state index is 0.000339. The summed E-state index contributed by atoms with van der Waals surface area (Å²) in [6.45, 7) is 19.2. The summed E-state index contributed by atoms with van der Waals surface area (Å²) in [7, 11) is 0. The zero-order valence-electron chi connectivity index (χ0n) is 23.4. The highest BCUT2D eigenvalue weighted by atomic mass is 16.1. The molecule has 1 unspecified atom stereocenters. The number of carbonyl (C=O) groups excluding carboxylic acids is 2. The Morgan fingerprint density at radius 2 is 1.28 bits per heavy atom. The molecule has 36 heavy (non-hydrogen) atoms. The summed E-state index contributed by atoms with van der Waals surface area (Å²) in [5, 5.41) is 0. The lowest BCUT2D eigenvalue weighted by atomic mass is 9.67. The number of hydrogen-bond acceptors (Lipinski definition) is 2. The highest BCUT2D eigenvalue weighted by Gasteiger charge is 2.37. The Balaban J connectivity index is 1.88. The zero-order chi connectivity index (χ0) is 26.6. The maximum atomic E-state index is 13.6. The minimum atomic E-state index is -0.249. The first-order chi connectivity index (χ1) is 16.6. The van der Waals surface area contributed by atoms with Gasteiger partial charge in [0.05, 0.1) is 0 Å². The van der Waals surface area contributed by atoms with Gasteiger partial charge in [-0.25, -0.2) is 0 Å². The molecule has 3 aliphatic carbocycles. The second kappa shape index (κ2) is 8.83. The van der Waals surface area contributed by atoms with E-state index in [4.69, 9.17) is 0 Å². The third-order valence-corrected chi connectivity index (χ3v) is 7.44. The number of carbonyl (C=O) groups is 2. The number of hydrogen-bond donors (Lipinski definition) is 0. The van der Waals surface area contributed by atoms with Crippen molar-refractivity contribution in [3.8, 4) is 0 Å². The minimum Gasteiger partial charge on any atom is -0.289 e. The van der Waals surface area contributed by atoms with Crippen molar-refractivity contribution in [1.82, 2.24) is 0 Å². The lowest BCUT2D eigenvalue weighted by molar-refractivity contribution is -0.113. The molecule has 1 atom stereocenters. The predicted octanol–water partition coefficient (Wildman–Crippen LogP) is 8.64. The Labute approximate surface area is 217 Å². The summed E-state index contributed by atoms with van der Waals surface area (Å²) >= 11 is 0. The van der Waals surface area contributed by atoms with Crippen molar-refractivity contribution in [3.63, 3.8) is 0 Å². The Bertz CT molecular complexity index is 1310. The molecule has 0 bridgehead atoms. The fourth-order valence-corrected chi connectivity index (χ4v) is 5.23. The van der Waals surface area contributed by atoms with Gasteiger partial charge in [0.2, 0.25) is 0 Å². The normalized spacial score (nSPS) is 23.1. The molecule has 0 amide bonds. The first kappa shape index (κ1) is 26.1. The number of ketones is 2. The zero-order valence-corrected chi connectivity index (χ0v) is 23.4. The monoisotopic (exact) mass is 480 g/mol. The van der Waals surface area contributed by atoms with E-state index in [0.29, 0.717) is 0 Å². The van der Waals surface area contributed by atoms with Gasteiger partial charge in [0.15, 0.2) is 11.6 Å². The average Bonchev–Trinajstić information content (AvgIpc) is 2.77. The fourth-order valence-electron chi connectivity index (χ4n) is 5.23. The molecule has 0 saturated heterocycles. The smallest absolute Gasteiger partial charge is 0.190 e. The van der Waals surface area contributed by atoms with Gasteiger partial charge in [-0.05, 0) is 51.0 Å². The van der Waals surface area contributed by atoms with E-state index < -0.39 is 0 Å². The van der Waals surface area contributed by atoms with Gasteiger partial charge in [-0.3, -0.25) is 9.59 Å². The maximum absolute atomic E-state index is 13.6. The van der Waals surface area contributed by atoms with Crippen LogP contribution in [0.5, 0.6) is 0 Å². The van der Waals surface area contributed by atoms with Crippen LogP contribution in [0.3, 0.4) is 0 Å². The second-order valence-corrected chi connectivity index (χ2v) is 13.4. The average molecular weight is 481 g/mol. The predicted molar refractivity (Wildman–Crippen MR) is 151 cm³/mol. The number of allylic oxidation sites excluding steroid dienone is 12. The molecule has 0 aromatic heterocycles. The van der Waals surface area contributed by atoms with Gasteiger partial charge < -0.3 is 0 Å². The molecule has 0 radical (unpaired) electrons. The summed E-state index contributed by atoms with van der Waals surface area (Å²) in [4.78, 5) is 26.9. The third kappa shape index (κ3) is 4.83. The molecule has 1 aromatic rings. The Kier molecular flexibility index (Phi) is 6.40. The van der Waals surface area contributed by atoms with E-state index in [2.05, 4.69) is 98.8 Å². The molecule has 0 aliphatic heterocycles. The van der Waals surface area contributed by atoms with E-state index in [1.165, 1.54) is 5.57 Å². The van der Waals surface area contributed by atoms with Crippen molar-refractivity contribution < 1.29 is 9.59 Å². The number of benzene rings is 1. The molecule has 0 fully saturated rings. The first-order valence-electron chi connectivity index (χ1n) is 13.1. The van der Waals surface area contributed by atoms with Crippen molar-refractivity contribution >= 4 is 17.1 Å². The van der Waals surface area contributed by atoms with Crippen LogP contribution in [0.1, 0.15) is 84.7 Å². The quantitative estimate of drug-likeness (QED) is 0.403. The summed E-state index contributed by atoms with van der Waals surface area (Å²) in [6.07, 6.45) is 13.7. The third-order valence-electron chi connectivity index (χ3n) is 7.44.